The van der Waals surface area contributed by atoms with Crippen LogP contribution in [-0.4, -0.2) is 15.9 Å². The van der Waals surface area contributed by atoms with Gasteiger partial charge in [-0.05, 0) is 59.3 Å². The van der Waals surface area contributed by atoms with Gasteiger partial charge in [-0.15, -0.1) is 11.3 Å². The van der Waals surface area contributed by atoms with Crippen molar-refractivity contribution in [1.29, 1.82) is 0 Å². The van der Waals surface area contributed by atoms with E-state index < -0.39 is 5.97 Å². The number of benzene rings is 1. The summed E-state index contributed by atoms with van der Waals surface area (Å²) in [6.07, 6.45) is 4.52. The van der Waals surface area contributed by atoms with Crippen molar-refractivity contribution in [1.82, 2.24) is 9.97 Å². The van der Waals surface area contributed by atoms with E-state index in [9.17, 15) is 4.79 Å². The number of hydrogen-bond acceptors (Lipinski definition) is 6. The van der Waals surface area contributed by atoms with Gasteiger partial charge in [-0.2, -0.15) is 0 Å². The number of rotatable bonds is 3. The third-order valence-corrected chi connectivity index (χ3v) is 6.19. The van der Waals surface area contributed by atoms with Crippen LogP contribution in [0.2, 0.25) is 0 Å². The first kappa shape index (κ1) is 16.5. The van der Waals surface area contributed by atoms with Gasteiger partial charge >= 0.3 is 5.97 Å². The monoisotopic (exact) mass is 417 g/mol. The fraction of sp³-hybridized carbons (Fsp3) is 0.278. The van der Waals surface area contributed by atoms with Gasteiger partial charge in [0, 0.05) is 9.35 Å². The largest absolute Gasteiger partial charge is 0.454 e. The fourth-order valence-electron chi connectivity index (χ4n) is 3.13. The smallest absolute Gasteiger partial charge is 0.339 e. The molecule has 1 aromatic carbocycles. The minimum atomic E-state index is -0.416. The van der Waals surface area contributed by atoms with E-state index in [0.29, 0.717) is 21.7 Å². The second-order valence-electron chi connectivity index (χ2n) is 5.97. The molecule has 0 radical (unpaired) electrons. The summed E-state index contributed by atoms with van der Waals surface area (Å²) >= 11 is 5.03. The lowest BCUT2D eigenvalue weighted by Gasteiger charge is -2.11. The highest BCUT2D eigenvalue weighted by atomic mass is 79.9. The third-order valence-electron chi connectivity index (χ3n) is 4.32. The molecule has 0 bridgehead atoms. The number of carbonyl (C=O) groups is 1. The van der Waals surface area contributed by atoms with Crippen LogP contribution in [0.15, 0.2) is 28.7 Å². The van der Waals surface area contributed by atoms with Gasteiger partial charge in [0.05, 0.1) is 10.9 Å². The van der Waals surface area contributed by atoms with E-state index in [0.717, 1.165) is 23.1 Å². The topological polar surface area (TPSA) is 78.1 Å². The van der Waals surface area contributed by atoms with Gasteiger partial charge in [0.1, 0.15) is 10.6 Å². The minimum absolute atomic E-state index is 0.00285. The Hall–Kier alpha value is -1.99. The molecule has 1 aliphatic carbocycles. The van der Waals surface area contributed by atoms with Gasteiger partial charge in [0.15, 0.2) is 12.4 Å². The molecule has 0 atom stereocenters. The number of nitrogen functional groups attached to an aromatic ring is 1. The molecule has 2 aromatic heterocycles. The molecule has 5 nitrogen and oxygen atoms in total. The molecule has 4 rings (SSSR count). The van der Waals surface area contributed by atoms with Crippen LogP contribution in [-0.2, 0) is 24.2 Å². The number of esters is 1. The summed E-state index contributed by atoms with van der Waals surface area (Å²) in [6, 6.07) is 7.14. The van der Waals surface area contributed by atoms with Crippen molar-refractivity contribution in [3.8, 4) is 0 Å². The average Bonchev–Trinajstić information content (AvgIpc) is 2.99. The lowest BCUT2D eigenvalue weighted by molar-refractivity contribution is 0.0461. The fourth-order valence-corrected chi connectivity index (χ4v) is 4.87. The van der Waals surface area contributed by atoms with Gasteiger partial charge in [-0.3, -0.25) is 0 Å². The number of nitrogens with two attached hydrogens (primary N) is 1. The number of hydrogen-bond donors (Lipinski definition) is 1. The molecule has 2 heterocycles. The third kappa shape index (κ3) is 3.14. The van der Waals surface area contributed by atoms with E-state index in [2.05, 4.69) is 25.9 Å². The highest BCUT2D eigenvalue weighted by Gasteiger charge is 2.20. The number of carbonyl (C=O) groups excluding carboxylic acids is 1. The van der Waals surface area contributed by atoms with Crippen molar-refractivity contribution in [2.45, 2.75) is 32.3 Å². The second-order valence-corrected chi connectivity index (χ2v) is 7.91. The van der Waals surface area contributed by atoms with Crippen LogP contribution in [0.1, 0.15) is 39.5 Å². The Morgan fingerprint density at radius 1 is 1.24 bits per heavy atom. The number of aryl methyl sites for hydroxylation is 2. The van der Waals surface area contributed by atoms with Crippen LogP contribution < -0.4 is 5.73 Å². The Morgan fingerprint density at radius 3 is 2.88 bits per heavy atom. The van der Waals surface area contributed by atoms with Crippen molar-refractivity contribution in [3.63, 3.8) is 0 Å². The maximum absolute atomic E-state index is 12.2. The molecule has 25 heavy (non-hydrogen) atoms. The standard InChI is InChI=1S/C18H16BrN3O2S/c19-12-7-3-1-5-10(12)18(23)24-9-14-21-16(20)15-11-6-2-4-8-13(11)25-17(15)22-14/h1,3,5,7H,2,4,6,8-9H2,(H2,20,21,22). The summed E-state index contributed by atoms with van der Waals surface area (Å²) in [5, 5.41) is 0.987. The van der Waals surface area contributed by atoms with Gasteiger partial charge in [0.2, 0.25) is 0 Å². The maximum atomic E-state index is 12.2. The zero-order chi connectivity index (χ0) is 17.4. The Morgan fingerprint density at radius 2 is 2.04 bits per heavy atom. The molecule has 2 N–H and O–H groups in total. The predicted molar refractivity (Wildman–Crippen MR) is 102 cm³/mol. The number of anilines is 1. The number of nitrogens with zero attached hydrogens (tertiary/aromatic N) is 2. The van der Waals surface area contributed by atoms with E-state index in [1.54, 1.807) is 29.5 Å². The predicted octanol–water partition coefficient (Wildman–Crippen LogP) is 4.27. The molecule has 0 spiro atoms. The van der Waals surface area contributed by atoms with E-state index in [1.165, 1.54) is 23.3 Å². The normalized spacial score (nSPS) is 13.6. The van der Waals surface area contributed by atoms with E-state index in [4.69, 9.17) is 10.5 Å². The summed E-state index contributed by atoms with van der Waals surface area (Å²) < 4.78 is 6.05. The number of fused-ring (bicyclic) bond motifs is 3. The van der Waals surface area contributed by atoms with Crippen LogP contribution in [0.25, 0.3) is 10.2 Å². The summed E-state index contributed by atoms with van der Waals surface area (Å²) in [5.74, 6) is 0.501. The first-order valence-electron chi connectivity index (χ1n) is 8.12. The van der Waals surface area contributed by atoms with Crippen molar-refractivity contribution in [2.24, 2.45) is 0 Å². The van der Waals surface area contributed by atoms with E-state index >= 15 is 0 Å². The highest BCUT2D eigenvalue weighted by molar-refractivity contribution is 9.10. The molecular weight excluding hydrogens is 402 g/mol. The summed E-state index contributed by atoms with van der Waals surface area (Å²) in [5.41, 5.74) is 7.96. The zero-order valence-corrected chi connectivity index (χ0v) is 15.8. The number of aromatic nitrogens is 2. The molecule has 0 unspecified atom stereocenters. The van der Waals surface area contributed by atoms with Crippen molar-refractivity contribution >= 4 is 49.3 Å². The van der Waals surface area contributed by atoms with Crippen LogP contribution >= 0.6 is 27.3 Å². The summed E-state index contributed by atoms with van der Waals surface area (Å²) in [7, 11) is 0. The van der Waals surface area contributed by atoms with Crippen LogP contribution in [0.5, 0.6) is 0 Å². The van der Waals surface area contributed by atoms with E-state index in [-0.39, 0.29) is 6.61 Å². The molecule has 0 amide bonds. The van der Waals surface area contributed by atoms with Crippen LogP contribution in [0.3, 0.4) is 0 Å². The molecule has 0 saturated heterocycles. The van der Waals surface area contributed by atoms with Gasteiger partial charge in [0.25, 0.3) is 0 Å². The summed E-state index contributed by atoms with van der Waals surface area (Å²) in [4.78, 5) is 23.4. The molecule has 0 saturated carbocycles. The van der Waals surface area contributed by atoms with Crippen molar-refractivity contribution in [2.75, 3.05) is 5.73 Å². The Bertz CT molecular complexity index is 970. The lowest BCUT2D eigenvalue weighted by atomic mass is 9.97. The summed E-state index contributed by atoms with van der Waals surface area (Å²) in [6.45, 7) is 0.00285. The Kier molecular flexibility index (Phi) is 4.43. The van der Waals surface area contributed by atoms with Gasteiger partial charge < -0.3 is 10.5 Å². The van der Waals surface area contributed by atoms with Gasteiger partial charge in [-0.25, -0.2) is 14.8 Å². The average molecular weight is 418 g/mol. The number of halogens is 1. The lowest BCUT2D eigenvalue weighted by Crippen LogP contribution is -2.09. The minimum Gasteiger partial charge on any atom is -0.454 e. The first-order chi connectivity index (χ1) is 12.1. The second kappa shape index (κ2) is 6.72. The Balaban J connectivity index is 1.58. The van der Waals surface area contributed by atoms with E-state index in [1.807, 2.05) is 6.07 Å². The number of thiophene rings is 1. The molecule has 3 aromatic rings. The molecule has 1 aliphatic rings. The quantitative estimate of drug-likeness (QED) is 0.643. The molecule has 128 valence electrons. The van der Waals surface area contributed by atoms with Crippen LogP contribution in [0, 0.1) is 0 Å². The SMILES string of the molecule is Nc1nc(COC(=O)c2ccccc2Br)nc2sc3c(c12)CCCC3. The zero-order valence-electron chi connectivity index (χ0n) is 13.4. The molecule has 0 fully saturated rings. The molecule has 7 heteroatoms. The molecule has 0 aliphatic heterocycles. The molecular formula is C18H16BrN3O2S. The van der Waals surface area contributed by atoms with Gasteiger partial charge in [-0.1, -0.05) is 12.1 Å². The Labute approximate surface area is 157 Å². The first-order valence-corrected chi connectivity index (χ1v) is 9.72. The highest BCUT2D eigenvalue weighted by Crippen LogP contribution is 2.37. The number of ether oxygens (including phenoxy) is 1. The van der Waals surface area contributed by atoms with Crippen molar-refractivity contribution in [3.05, 3.63) is 50.6 Å². The maximum Gasteiger partial charge on any atom is 0.339 e. The van der Waals surface area contributed by atoms with Crippen molar-refractivity contribution < 1.29 is 9.53 Å². The van der Waals surface area contributed by atoms with Crippen LogP contribution in [0.4, 0.5) is 5.82 Å².